The van der Waals surface area contributed by atoms with Crippen molar-refractivity contribution in [2.24, 2.45) is 5.92 Å². The lowest BCUT2D eigenvalue weighted by atomic mass is 10.1. The van der Waals surface area contributed by atoms with E-state index < -0.39 is 0 Å². The molecule has 1 aliphatic carbocycles. The average Bonchev–Trinajstić information content (AvgIpc) is 3.30. The molecule has 142 valence electrons. The van der Waals surface area contributed by atoms with E-state index in [2.05, 4.69) is 11.4 Å². The number of aromatic nitrogens is 1. The number of hydrogen-bond acceptors (Lipinski definition) is 4. The zero-order chi connectivity index (χ0) is 19.1. The molecule has 6 heteroatoms. The number of hydrogen-bond donors (Lipinski definition) is 1. The molecule has 1 aliphatic heterocycles. The smallest absolute Gasteiger partial charge is 0.254 e. The van der Waals surface area contributed by atoms with Crippen LogP contribution in [0.1, 0.15) is 47.1 Å². The quantitative estimate of drug-likeness (QED) is 0.706. The molecule has 2 fully saturated rings. The first kappa shape index (κ1) is 17.4. The van der Waals surface area contributed by atoms with Crippen LogP contribution in [-0.2, 0) is 4.79 Å². The van der Waals surface area contributed by atoms with Crippen LogP contribution in [0.3, 0.4) is 0 Å². The lowest BCUT2D eigenvalue weighted by Crippen LogP contribution is -2.30. The summed E-state index contributed by atoms with van der Waals surface area (Å²) in [4.78, 5) is 31.9. The minimum atomic E-state index is 0.00396. The van der Waals surface area contributed by atoms with Crippen molar-refractivity contribution in [1.29, 1.82) is 0 Å². The van der Waals surface area contributed by atoms with Gasteiger partial charge in [0.05, 0.1) is 16.3 Å². The fraction of sp³-hybridized carbons (Fsp3) is 0.318. The molecule has 1 unspecified atom stereocenters. The number of rotatable bonds is 4. The minimum absolute atomic E-state index is 0.00396. The van der Waals surface area contributed by atoms with Crippen LogP contribution >= 0.6 is 11.3 Å². The van der Waals surface area contributed by atoms with Crippen molar-refractivity contribution in [3.05, 3.63) is 59.1 Å². The van der Waals surface area contributed by atoms with Gasteiger partial charge in [0.15, 0.2) is 0 Å². The Labute approximate surface area is 167 Å². The third kappa shape index (κ3) is 3.29. The number of fused-ring (bicyclic) bond motifs is 1. The Bertz CT molecular complexity index is 1020. The van der Waals surface area contributed by atoms with Gasteiger partial charge in [-0.15, -0.1) is 11.3 Å². The number of nitrogens with zero attached hydrogens (tertiary/aromatic N) is 2. The van der Waals surface area contributed by atoms with Crippen molar-refractivity contribution in [2.75, 3.05) is 11.9 Å². The predicted molar refractivity (Wildman–Crippen MR) is 110 cm³/mol. The second kappa shape index (κ2) is 7.02. The first-order valence-corrected chi connectivity index (χ1v) is 10.6. The van der Waals surface area contributed by atoms with E-state index in [1.54, 1.807) is 17.4 Å². The second-order valence-electron chi connectivity index (χ2n) is 7.52. The zero-order valence-electron chi connectivity index (χ0n) is 15.4. The van der Waals surface area contributed by atoms with Crippen LogP contribution in [0.4, 0.5) is 5.69 Å². The summed E-state index contributed by atoms with van der Waals surface area (Å²) in [6.45, 7) is 0.734. The van der Waals surface area contributed by atoms with E-state index in [0.29, 0.717) is 11.3 Å². The highest BCUT2D eigenvalue weighted by atomic mass is 32.1. The molecule has 2 heterocycles. The van der Waals surface area contributed by atoms with E-state index in [9.17, 15) is 9.59 Å². The Kier molecular flexibility index (Phi) is 4.36. The largest absolute Gasteiger partial charge is 0.329 e. The molecule has 28 heavy (non-hydrogen) atoms. The molecule has 0 bridgehead atoms. The van der Waals surface area contributed by atoms with E-state index >= 15 is 0 Å². The van der Waals surface area contributed by atoms with Gasteiger partial charge in [-0.1, -0.05) is 18.2 Å². The number of likely N-dealkylation sites (tertiary alicyclic amines) is 1. The monoisotopic (exact) mass is 391 g/mol. The fourth-order valence-electron chi connectivity index (χ4n) is 3.78. The SMILES string of the molecule is O=C(Nc1cccc(C(=O)N2CCCC2c2nc3ccccc3s2)c1)C1CC1. The van der Waals surface area contributed by atoms with Crippen molar-refractivity contribution < 1.29 is 9.59 Å². The van der Waals surface area contributed by atoms with Crippen LogP contribution in [0, 0.1) is 5.92 Å². The first-order valence-electron chi connectivity index (χ1n) is 9.76. The first-order chi connectivity index (χ1) is 13.7. The molecule has 0 spiro atoms. The van der Waals surface area contributed by atoms with Crippen LogP contribution in [0.15, 0.2) is 48.5 Å². The lowest BCUT2D eigenvalue weighted by molar-refractivity contribution is -0.117. The summed E-state index contributed by atoms with van der Waals surface area (Å²) >= 11 is 1.67. The Morgan fingerprint density at radius 3 is 2.75 bits per heavy atom. The summed E-state index contributed by atoms with van der Waals surface area (Å²) < 4.78 is 1.15. The summed E-state index contributed by atoms with van der Waals surface area (Å²) in [6.07, 6.45) is 3.83. The van der Waals surface area contributed by atoms with Gasteiger partial charge in [-0.3, -0.25) is 9.59 Å². The Morgan fingerprint density at radius 1 is 1.07 bits per heavy atom. The summed E-state index contributed by atoms with van der Waals surface area (Å²) in [5, 5.41) is 3.94. The highest BCUT2D eigenvalue weighted by molar-refractivity contribution is 7.18. The Balaban J connectivity index is 1.38. The standard InChI is InChI=1S/C22H21N3O2S/c26-20(14-10-11-14)23-16-6-3-5-15(13-16)22(27)25-12-4-8-18(25)21-24-17-7-1-2-9-19(17)28-21/h1-3,5-7,9,13-14,18H,4,8,10-12H2,(H,23,26). The van der Waals surface area contributed by atoms with Crippen LogP contribution in [0.2, 0.25) is 0 Å². The number of carbonyl (C=O) groups is 2. The highest BCUT2D eigenvalue weighted by Crippen LogP contribution is 2.37. The molecule has 2 aliphatic rings. The average molecular weight is 391 g/mol. The molecule has 1 N–H and O–H groups in total. The maximum atomic E-state index is 13.2. The summed E-state index contributed by atoms with van der Waals surface area (Å²) in [6, 6.07) is 15.4. The normalized spacial score (nSPS) is 19.1. The van der Waals surface area contributed by atoms with E-state index in [4.69, 9.17) is 4.98 Å². The topological polar surface area (TPSA) is 62.3 Å². The van der Waals surface area contributed by atoms with E-state index in [1.165, 1.54) is 0 Å². The molecule has 2 amide bonds. The third-order valence-electron chi connectivity index (χ3n) is 5.43. The molecular weight excluding hydrogens is 370 g/mol. The fourth-order valence-corrected chi connectivity index (χ4v) is 4.90. The van der Waals surface area contributed by atoms with Gasteiger partial charge in [0.25, 0.3) is 5.91 Å². The zero-order valence-corrected chi connectivity index (χ0v) is 16.2. The number of para-hydroxylation sites is 1. The van der Waals surface area contributed by atoms with E-state index in [-0.39, 0.29) is 23.8 Å². The van der Waals surface area contributed by atoms with Gasteiger partial charge in [0.2, 0.25) is 5.91 Å². The second-order valence-corrected chi connectivity index (χ2v) is 8.58. The van der Waals surface area contributed by atoms with Crippen LogP contribution in [0.5, 0.6) is 0 Å². The van der Waals surface area contributed by atoms with Crippen molar-refractivity contribution in [2.45, 2.75) is 31.7 Å². The molecular formula is C22H21N3O2S. The maximum Gasteiger partial charge on any atom is 0.254 e. The van der Waals surface area contributed by atoms with Gasteiger partial charge in [-0.2, -0.15) is 0 Å². The van der Waals surface area contributed by atoms with Gasteiger partial charge in [-0.05, 0) is 56.0 Å². The predicted octanol–water partition coefficient (Wildman–Crippen LogP) is 4.62. The molecule has 3 aromatic rings. The third-order valence-corrected chi connectivity index (χ3v) is 6.57. The van der Waals surface area contributed by atoms with Gasteiger partial charge in [0.1, 0.15) is 5.01 Å². The lowest BCUT2D eigenvalue weighted by Gasteiger charge is -2.23. The van der Waals surface area contributed by atoms with Crippen molar-refractivity contribution in [3.63, 3.8) is 0 Å². The van der Waals surface area contributed by atoms with Crippen molar-refractivity contribution >= 4 is 39.1 Å². The van der Waals surface area contributed by atoms with Crippen LogP contribution < -0.4 is 5.32 Å². The molecule has 5 nitrogen and oxygen atoms in total. The molecule has 1 atom stereocenters. The van der Waals surface area contributed by atoms with E-state index in [0.717, 1.165) is 47.5 Å². The molecule has 0 radical (unpaired) electrons. The van der Waals surface area contributed by atoms with Crippen molar-refractivity contribution in [1.82, 2.24) is 9.88 Å². The molecule has 5 rings (SSSR count). The van der Waals surface area contributed by atoms with Crippen LogP contribution in [0.25, 0.3) is 10.2 Å². The van der Waals surface area contributed by atoms with E-state index in [1.807, 2.05) is 41.3 Å². The maximum absolute atomic E-state index is 13.2. The van der Waals surface area contributed by atoms with Gasteiger partial charge >= 0.3 is 0 Å². The van der Waals surface area contributed by atoms with Crippen molar-refractivity contribution in [3.8, 4) is 0 Å². The summed E-state index contributed by atoms with van der Waals surface area (Å²) in [7, 11) is 0. The number of amides is 2. The minimum Gasteiger partial charge on any atom is -0.329 e. The number of thiazole rings is 1. The molecule has 1 saturated heterocycles. The highest BCUT2D eigenvalue weighted by Gasteiger charge is 2.33. The number of nitrogens with one attached hydrogen (secondary N) is 1. The van der Waals surface area contributed by atoms with Gasteiger partial charge in [0, 0.05) is 23.7 Å². The van der Waals surface area contributed by atoms with Gasteiger partial charge in [-0.25, -0.2) is 4.98 Å². The van der Waals surface area contributed by atoms with Crippen LogP contribution in [-0.4, -0.2) is 28.2 Å². The molecule has 2 aromatic carbocycles. The molecule has 1 aromatic heterocycles. The number of benzene rings is 2. The summed E-state index contributed by atoms with van der Waals surface area (Å²) in [5.74, 6) is 0.198. The Hall–Kier alpha value is -2.73. The number of carbonyl (C=O) groups excluding carboxylic acids is 2. The number of anilines is 1. The van der Waals surface area contributed by atoms with Gasteiger partial charge < -0.3 is 10.2 Å². The Morgan fingerprint density at radius 2 is 1.93 bits per heavy atom. The molecule has 1 saturated carbocycles. The summed E-state index contributed by atoms with van der Waals surface area (Å²) in [5.41, 5.74) is 2.30.